The summed E-state index contributed by atoms with van der Waals surface area (Å²) in [6.07, 6.45) is 3.59. The summed E-state index contributed by atoms with van der Waals surface area (Å²) in [5, 5.41) is 5.24. The Kier molecular flexibility index (Phi) is 3.12. The summed E-state index contributed by atoms with van der Waals surface area (Å²) in [4.78, 5) is 14.7. The Bertz CT molecular complexity index is 505. The van der Waals surface area contributed by atoms with Gasteiger partial charge in [-0.25, -0.2) is 0 Å². The molecule has 0 saturated carbocycles. The third kappa shape index (κ3) is 2.35. The molecule has 0 bridgehead atoms. The van der Waals surface area contributed by atoms with E-state index in [2.05, 4.69) is 10.3 Å². The summed E-state index contributed by atoms with van der Waals surface area (Å²) in [6, 6.07) is 7.98. The highest BCUT2D eigenvalue weighted by Crippen LogP contribution is 2.16. The van der Waals surface area contributed by atoms with Crippen molar-refractivity contribution in [2.75, 3.05) is 6.54 Å². The van der Waals surface area contributed by atoms with Gasteiger partial charge in [0.25, 0.3) is 0 Å². The number of carbonyl (C=O) groups is 1. The number of nitrogens with zero attached hydrogens (tertiary/aromatic N) is 1. The highest BCUT2D eigenvalue weighted by Gasteiger charge is 2.00. The lowest BCUT2D eigenvalue weighted by atomic mass is 10.1. The van der Waals surface area contributed by atoms with Crippen molar-refractivity contribution in [3.8, 4) is 0 Å². The van der Waals surface area contributed by atoms with Crippen LogP contribution < -0.4 is 11.1 Å². The van der Waals surface area contributed by atoms with E-state index < -0.39 is 0 Å². The Balaban J connectivity index is 2.20. The van der Waals surface area contributed by atoms with E-state index in [-0.39, 0.29) is 12.5 Å². The third-order valence-corrected chi connectivity index (χ3v) is 2.39. The van der Waals surface area contributed by atoms with Gasteiger partial charge in [0.2, 0.25) is 5.91 Å². The summed E-state index contributed by atoms with van der Waals surface area (Å²) in [5.41, 5.74) is 6.20. The minimum Gasteiger partial charge on any atom is -0.369 e. The molecule has 0 atom stereocenters. The predicted octanol–water partition coefficient (Wildman–Crippen LogP) is 0.810. The highest BCUT2D eigenvalue weighted by molar-refractivity contribution is 5.84. The van der Waals surface area contributed by atoms with Crippen LogP contribution in [0.15, 0.2) is 36.7 Å². The maximum Gasteiger partial charge on any atom is 0.231 e. The number of hydrogen-bond acceptors (Lipinski definition) is 3. The van der Waals surface area contributed by atoms with Gasteiger partial charge in [-0.3, -0.25) is 9.78 Å². The Morgan fingerprint density at radius 1 is 1.38 bits per heavy atom. The molecule has 16 heavy (non-hydrogen) atoms. The van der Waals surface area contributed by atoms with E-state index in [9.17, 15) is 4.79 Å². The summed E-state index contributed by atoms with van der Waals surface area (Å²) in [7, 11) is 0. The number of pyridine rings is 1. The number of carbonyl (C=O) groups excluding carboxylic acids is 1. The molecular weight excluding hydrogens is 202 g/mol. The van der Waals surface area contributed by atoms with Gasteiger partial charge in [-0.2, -0.15) is 0 Å². The number of fused-ring (bicyclic) bond motifs is 1. The molecule has 4 nitrogen and oxygen atoms in total. The fourth-order valence-corrected chi connectivity index (χ4v) is 1.66. The van der Waals surface area contributed by atoms with Crippen molar-refractivity contribution >= 4 is 16.7 Å². The molecule has 0 aliphatic rings. The molecule has 0 radical (unpaired) electrons. The summed E-state index contributed by atoms with van der Waals surface area (Å²) >= 11 is 0. The van der Waals surface area contributed by atoms with Crippen LogP contribution in [0.4, 0.5) is 0 Å². The lowest BCUT2D eigenvalue weighted by Gasteiger charge is -2.06. The second-order valence-corrected chi connectivity index (χ2v) is 3.58. The van der Waals surface area contributed by atoms with Gasteiger partial charge in [-0.15, -0.1) is 0 Å². The molecule has 4 heteroatoms. The number of benzene rings is 1. The number of nitrogens with one attached hydrogen (secondary N) is 1. The van der Waals surface area contributed by atoms with Gasteiger partial charge < -0.3 is 11.1 Å². The van der Waals surface area contributed by atoms with Crippen molar-refractivity contribution in [1.82, 2.24) is 10.3 Å². The first-order valence-corrected chi connectivity index (χ1v) is 5.08. The largest absolute Gasteiger partial charge is 0.369 e. The summed E-state index contributed by atoms with van der Waals surface area (Å²) in [6.45, 7) is 0.825. The van der Waals surface area contributed by atoms with Crippen molar-refractivity contribution in [3.63, 3.8) is 0 Å². The van der Waals surface area contributed by atoms with Crippen molar-refractivity contribution in [2.45, 2.75) is 6.54 Å². The van der Waals surface area contributed by atoms with Crippen molar-refractivity contribution < 1.29 is 4.79 Å². The number of aromatic nitrogens is 1. The molecule has 0 aliphatic carbocycles. The quantitative estimate of drug-likeness (QED) is 0.793. The van der Waals surface area contributed by atoms with Crippen LogP contribution in [0.5, 0.6) is 0 Å². The first-order chi connectivity index (χ1) is 7.77. The van der Waals surface area contributed by atoms with Gasteiger partial charge in [-0.05, 0) is 17.0 Å². The molecule has 0 aliphatic heterocycles. The van der Waals surface area contributed by atoms with Crippen LogP contribution in [-0.2, 0) is 11.3 Å². The molecular formula is C12H13N3O. The Morgan fingerprint density at radius 2 is 2.25 bits per heavy atom. The van der Waals surface area contributed by atoms with Gasteiger partial charge in [0, 0.05) is 24.3 Å². The molecule has 3 N–H and O–H groups in total. The van der Waals surface area contributed by atoms with Crippen molar-refractivity contribution in [1.29, 1.82) is 0 Å². The van der Waals surface area contributed by atoms with E-state index in [0.29, 0.717) is 6.54 Å². The molecule has 1 aromatic heterocycles. The average molecular weight is 215 g/mol. The van der Waals surface area contributed by atoms with Crippen molar-refractivity contribution in [3.05, 3.63) is 42.2 Å². The Labute approximate surface area is 93.5 Å². The van der Waals surface area contributed by atoms with E-state index in [4.69, 9.17) is 5.73 Å². The second-order valence-electron chi connectivity index (χ2n) is 3.58. The Hall–Kier alpha value is -1.94. The van der Waals surface area contributed by atoms with Crippen LogP contribution in [0.1, 0.15) is 5.56 Å². The highest BCUT2D eigenvalue weighted by atomic mass is 16.1. The van der Waals surface area contributed by atoms with Crippen molar-refractivity contribution in [2.24, 2.45) is 5.73 Å². The van der Waals surface area contributed by atoms with Gasteiger partial charge >= 0.3 is 0 Å². The van der Waals surface area contributed by atoms with Crippen LogP contribution in [-0.4, -0.2) is 17.4 Å². The summed E-state index contributed by atoms with van der Waals surface area (Å²) in [5.74, 6) is -0.345. The SMILES string of the molecule is NC(=O)CNCc1cccc2cnccc12. The molecule has 0 saturated heterocycles. The lowest BCUT2D eigenvalue weighted by molar-refractivity contribution is -0.117. The molecule has 1 amide bonds. The number of rotatable bonds is 4. The van der Waals surface area contributed by atoms with E-state index in [0.717, 1.165) is 16.3 Å². The van der Waals surface area contributed by atoms with E-state index in [1.165, 1.54) is 0 Å². The second kappa shape index (κ2) is 4.72. The Morgan fingerprint density at radius 3 is 3.06 bits per heavy atom. The number of primary amides is 1. The molecule has 82 valence electrons. The minimum absolute atomic E-state index is 0.196. The topological polar surface area (TPSA) is 68.0 Å². The molecule has 0 fully saturated rings. The van der Waals surface area contributed by atoms with Gasteiger partial charge in [0.15, 0.2) is 0 Å². The molecule has 0 spiro atoms. The lowest BCUT2D eigenvalue weighted by Crippen LogP contribution is -2.28. The van der Waals surface area contributed by atoms with Crippen LogP contribution >= 0.6 is 0 Å². The van der Waals surface area contributed by atoms with Crippen LogP contribution in [0.25, 0.3) is 10.8 Å². The molecule has 2 rings (SSSR count). The first kappa shape index (κ1) is 10.6. The monoisotopic (exact) mass is 215 g/mol. The zero-order chi connectivity index (χ0) is 11.4. The van der Waals surface area contributed by atoms with Crippen LogP contribution in [0, 0.1) is 0 Å². The van der Waals surface area contributed by atoms with Gasteiger partial charge in [0.1, 0.15) is 0 Å². The van der Waals surface area contributed by atoms with E-state index in [1.807, 2.05) is 30.5 Å². The van der Waals surface area contributed by atoms with Crippen LogP contribution in [0.3, 0.4) is 0 Å². The molecule has 0 unspecified atom stereocenters. The fraction of sp³-hybridized carbons (Fsp3) is 0.167. The number of amides is 1. The molecule has 1 heterocycles. The minimum atomic E-state index is -0.345. The normalized spacial score (nSPS) is 10.5. The zero-order valence-electron chi connectivity index (χ0n) is 8.81. The van der Waals surface area contributed by atoms with Gasteiger partial charge in [0.05, 0.1) is 6.54 Å². The number of nitrogens with two attached hydrogens (primary N) is 1. The third-order valence-electron chi connectivity index (χ3n) is 2.39. The first-order valence-electron chi connectivity index (χ1n) is 5.08. The fourth-order valence-electron chi connectivity index (χ4n) is 1.66. The van der Waals surface area contributed by atoms with E-state index >= 15 is 0 Å². The maximum absolute atomic E-state index is 10.6. The molecule has 2 aromatic rings. The molecule has 1 aromatic carbocycles. The average Bonchev–Trinajstić information content (AvgIpc) is 2.29. The smallest absolute Gasteiger partial charge is 0.231 e. The van der Waals surface area contributed by atoms with Gasteiger partial charge in [-0.1, -0.05) is 18.2 Å². The van der Waals surface area contributed by atoms with E-state index in [1.54, 1.807) is 6.20 Å². The van der Waals surface area contributed by atoms with Crippen LogP contribution in [0.2, 0.25) is 0 Å². The standard InChI is InChI=1S/C12H13N3O/c13-12(16)8-15-7-10-3-1-2-9-6-14-5-4-11(9)10/h1-6,15H,7-8H2,(H2,13,16). The predicted molar refractivity (Wildman–Crippen MR) is 62.6 cm³/mol. The number of hydrogen-bond donors (Lipinski definition) is 2. The zero-order valence-corrected chi connectivity index (χ0v) is 8.81. The summed E-state index contributed by atoms with van der Waals surface area (Å²) < 4.78 is 0. The maximum atomic E-state index is 10.6.